The van der Waals surface area contributed by atoms with Gasteiger partial charge in [0.15, 0.2) is 11.3 Å². The van der Waals surface area contributed by atoms with Crippen molar-refractivity contribution >= 4 is 34.6 Å². The molecule has 1 aromatic heterocycles. The van der Waals surface area contributed by atoms with Gasteiger partial charge in [0.05, 0.1) is 25.5 Å². The monoisotopic (exact) mass is 387 g/mol. The molecule has 144 valence electrons. The fraction of sp³-hybridized carbons (Fsp3) is 0.100. The van der Waals surface area contributed by atoms with E-state index in [0.29, 0.717) is 23.2 Å². The van der Waals surface area contributed by atoms with Gasteiger partial charge in [-0.05, 0) is 24.3 Å². The lowest BCUT2D eigenvalue weighted by Gasteiger charge is -2.07. The molecule has 0 saturated carbocycles. The fourth-order valence-electron chi connectivity index (χ4n) is 2.54. The first-order chi connectivity index (χ1) is 13.4. The molecule has 2 aromatic carbocycles. The van der Waals surface area contributed by atoms with Gasteiger partial charge in [0.1, 0.15) is 17.4 Å². The molecule has 0 spiro atoms. The third-order valence-corrected chi connectivity index (χ3v) is 3.87. The first-order valence-electron chi connectivity index (χ1n) is 8.06. The molecule has 0 saturated heterocycles. The zero-order valence-corrected chi connectivity index (χ0v) is 14.9. The van der Waals surface area contributed by atoms with E-state index in [4.69, 9.17) is 9.15 Å². The summed E-state index contributed by atoms with van der Waals surface area (Å²) in [5, 5.41) is 3.03. The summed E-state index contributed by atoms with van der Waals surface area (Å²) >= 11 is 0. The van der Waals surface area contributed by atoms with Gasteiger partial charge in [-0.1, -0.05) is 12.1 Å². The molecule has 1 N–H and O–H groups in total. The minimum absolute atomic E-state index is 0.359. The summed E-state index contributed by atoms with van der Waals surface area (Å²) in [5.74, 6) is -2.88. The topological polar surface area (TPSA) is 77.8 Å². The number of amides is 1. The minimum Gasteiger partial charge on any atom is -0.493 e. The molecule has 0 aliphatic carbocycles. The Kier molecular flexibility index (Phi) is 5.39. The SMILES string of the molecule is COC(=O)c1cc(NC(=O)/C=C/c2cc3cccc(OC)c3o2)c(F)cc1F. The second kappa shape index (κ2) is 7.91. The van der Waals surface area contributed by atoms with Gasteiger partial charge in [-0.25, -0.2) is 13.6 Å². The number of esters is 1. The molecule has 8 heteroatoms. The van der Waals surface area contributed by atoms with Gasteiger partial charge >= 0.3 is 5.97 Å². The molecule has 0 aliphatic heterocycles. The molecule has 28 heavy (non-hydrogen) atoms. The average molecular weight is 387 g/mol. The molecule has 3 rings (SSSR count). The molecule has 6 nitrogen and oxygen atoms in total. The Hall–Kier alpha value is -3.68. The molecule has 0 aliphatic rings. The average Bonchev–Trinajstić information content (AvgIpc) is 3.11. The molecule has 0 bridgehead atoms. The number of carbonyl (C=O) groups is 2. The summed E-state index contributed by atoms with van der Waals surface area (Å²) in [6.45, 7) is 0. The normalized spacial score (nSPS) is 11.0. The van der Waals surface area contributed by atoms with Crippen LogP contribution < -0.4 is 10.1 Å². The number of hydrogen-bond acceptors (Lipinski definition) is 5. The molecular formula is C20H15F2NO5. The first-order valence-corrected chi connectivity index (χ1v) is 8.06. The van der Waals surface area contributed by atoms with Gasteiger partial charge in [0, 0.05) is 17.5 Å². The van der Waals surface area contributed by atoms with E-state index < -0.39 is 29.1 Å². The van der Waals surface area contributed by atoms with E-state index in [0.717, 1.165) is 24.6 Å². The molecule has 0 radical (unpaired) electrons. The largest absolute Gasteiger partial charge is 0.493 e. The van der Waals surface area contributed by atoms with Crippen molar-refractivity contribution in [1.29, 1.82) is 0 Å². The highest BCUT2D eigenvalue weighted by Crippen LogP contribution is 2.29. The highest BCUT2D eigenvalue weighted by atomic mass is 19.1. The van der Waals surface area contributed by atoms with Crippen LogP contribution in [-0.2, 0) is 9.53 Å². The van der Waals surface area contributed by atoms with E-state index in [1.165, 1.54) is 13.2 Å². The number of para-hydroxylation sites is 1. The Morgan fingerprint density at radius 3 is 2.61 bits per heavy atom. The first kappa shape index (κ1) is 19.1. The van der Waals surface area contributed by atoms with Crippen molar-refractivity contribution in [3.8, 4) is 5.75 Å². The number of fused-ring (bicyclic) bond motifs is 1. The summed E-state index contributed by atoms with van der Waals surface area (Å²) < 4.78 is 42.8. The van der Waals surface area contributed by atoms with E-state index in [2.05, 4.69) is 10.1 Å². The van der Waals surface area contributed by atoms with Gasteiger partial charge in [0.25, 0.3) is 0 Å². The summed E-state index contributed by atoms with van der Waals surface area (Å²) in [6, 6.07) is 8.43. The third-order valence-electron chi connectivity index (χ3n) is 3.87. The van der Waals surface area contributed by atoms with Crippen molar-refractivity contribution in [2.24, 2.45) is 0 Å². The maximum Gasteiger partial charge on any atom is 0.340 e. The number of anilines is 1. The van der Waals surface area contributed by atoms with Crippen LogP contribution >= 0.6 is 0 Å². The summed E-state index contributed by atoms with van der Waals surface area (Å²) in [5.41, 5.74) is -0.326. The van der Waals surface area contributed by atoms with E-state index in [1.54, 1.807) is 18.2 Å². The zero-order valence-electron chi connectivity index (χ0n) is 14.9. The van der Waals surface area contributed by atoms with Crippen molar-refractivity contribution in [3.63, 3.8) is 0 Å². The summed E-state index contributed by atoms with van der Waals surface area (Å²) in [7, 11) is 2.58. The molecule has 1 amide bonds. The Morgan fingerprint density at radius 1 is 1.11 bits per heavy atom. The highest BCUT2D eigenvalue weighted by molar-refractivity contribution is 6.03. The number of methoxy groups -OCH3 is 2. The van der Waals surface area contributed by atoms with Crippen LogP contribution in [0.4, 0.5) is 14.5 Å². The Bertz CT molecular complexity index is 1090. The lowest BCUT2D eigenvalue weighted by atomic mass is 10.1. The Balaban J connectivity index is 1.80. The van der Waals surface area contributed by atoms with E-state index in [9.17, 15) is 18.4 Å². The number of carbonyl (C=O) groups excluding carboxylic acids is 2. The quantitative estimate of drug-likeness (QED) is 0.525. The van der Waals surface area contributed by atoms with Crippen molar-refractivity contribution in [1.82, 2.24) is 0 Å². The highest BCUT2D eigenvalue weighted by Gasteiger charge is 2.17. The lowest BCUT2D eigenvalue weighted by Crippen LogP contribution is -2.12. The second-order valence-corrected chi connectivity index (χ2v) is 5.65. The lowest BCUT2D eigenvalue weighted by molar-refractivity contribution is -0.111. The number of benzene rings is 2. The number of ether oxygens (including phenoxy) is 2. The number of halogens is 2. The van der Waals surface area contributed by atoms with Crippen molar-refractivity contribution < 1.29 is 32.3 Å². The molecule has 0 fully saturated rings. The van der Waals surface area contributed by atoms with Crippen LogP contribution in [0, 0.1) is 11.6 Å². The Labute approximate surface area is 158 Å². The fourth-order valence-corrected chi connectivity index (χ4v) is 2.54. The van der Waals surface area contributed by atoms with Crippen LogP contribution in [0.5, 0.6) is 5.75 Å². The number of furan rings is 1. The van der Waals surface area contributed by atoms with Gasteiger partial charge < -0.3 is 19.2 Å². The second-order valence-electron chi connectivity index (χ2n) is 5.65. The molecular weight excluding hydrogens is 372 g/mol. The number of rotatable bonds is 5. The van der Waals surface area contributed by atoms with Crippen LogP contribution in [0.25, 0.3) is 17.0 Å². The van der Waals surface area contributed by atoms with Crippen LogP contribution in [0.3, 0.4) is 0 Å². The molecule has 0 unspecified atom stereocenters. The smallest absolute Gasteiger partial charge is 0.340 e. The molecule has 1 heterocycles. The van der Waals surface area contributed by atoms with Gasteiger partial charge in [-0.3, -0.25) is 4.79 Å². The van der Waals surface area contributed by atoms with E-state index in [1.807, 2.05) is 6.07 Å². The van der Waals surface area contributed by atoms with E-state index >= 15 is 0 Å². The van der Waals surface area contributed by atoms with Crippen molar-refractivity contribution in [3.05, 3.63) is 65.4 Å². The van der Waals surface area contributed by atoms with E-state index in [-0.39, 0.29) is 5.69 Å². The maximum absolute atomic E-state index is 13.9. The Morgan fingerprint density at radius 2 is 1.89 bits per heavy atom. The van der Waals surface area contributed by atoms with Gasteiger partial charge in [-0.2, -0.15) is 0 Å². The van der Waals surface area contributed by atoms with Crippen molar-refractivity contribution in [2.45, 2.75) is 0 Å². The van der Waals surface area contributed by atoms with Gasteiger partial charge in [-0.15, -0.1) is 0 Å². The van der Waals surface area contributed by atoms with Crippen LogP contribution in [0.15, 0.2) is 46.9 Å². The molecule has 3 aromatic rings. The minimum atomic E-state index is -1.09. The zero-order chi connectivity index (χ0) is 20.3. The van der Waals surface area contributed by atoms with Crippen LogP contribution in [-0.4, -0.2) is 26.1 Å². The standard InChI is InChI=1S/C20H15F2NO5/c1-26-17-5-3-4-11-8-12(28-19(11)17)6-7-18(24)23-16-9-13(20(25)27-2)14(21)10-15(16)22/h3-10H,1-2H3,(H,23,24)/b7-6+. The summed E-state index contributed by atoms with van der Waals surface area (Å²) in [6.07, 6.45) is 2.50. The third kappa shape index (κ3) is 3.85. The van der Waals surface area contributed by atoms with Gasteiger partial charge in [0.2, 0.25) is 5.91 Å². The summed E-state index contributed by atoms with van der Waals surface area (Å²) in [4.78, 5) is 23.6. The van der Waals surface area contributed by atoms with Crippen molar-refractivity contribution in [2.75, 3.05) is 19.5 Å². The molecule has 0 atom stereocenters. The van der Waals surface area contributed by atoms with Crippen LogP contribution in [0.2, 0.25) is 0 Å². The predicted octanol–water partition coefficient (Wildman–Crippen LogP) is 4.16. The number of nitrogens with one attached hydrogen (secondary N) is 1. The maximum atomic E-state index is 13.9. The number of hydrogen-bond donors (Lipinski definition) is 1. The predicted molar refractivity (Wildman–Crippen MR) is 98.1 cm³/mol. The van der Waals surface area contributed by atoms with Crippen LogP contribution in [0.1, 0.15) is 16.1 Å².